The molecule has 6 rings (SSSR count). The molecule has 3 aromatic rings. The minimum atomic E-state index is -2.91. The number of hydrogen-bond acceptors (Lipinski definition) is 6. The van der Waals surface area contributed by atoms with Gasteiger partial charge in [0.05, 0.1) is 16.3 Å². The van der Waals surface area contributed by atoms with Gasteiger partial charge in [0.15, 0.2) is 0 Å². The Morgan fingerprint density at radius 3 is 2.57 bits per heavy atom. The van der Waals surface area contributed by atoms with E-state index in [1.165, 1.54) is 25.1 Å². The van der Waals surface area contributed by atoms with Crippen LogP contribution in [-0.2, 0) is 15.0 Å². The first kappa shape index (κ1) is 29.9. The van der Waals surface area contributed by atoms with Crippen LogP contribution in [0.5, 0.6) is 0 Å². The van der Waals surface area contributed by atoms with Crippen molar-refractivity contribution in [3.05, 3.63) is 76.3 Å². The Morgan fingerprint density at radius 1 is 1.11 bits per heavy atom. The van der Waals surface area contributed by atoms with Gasteiger partial charge in [-0.1, -0.05) is 23.7 Å². The second kappa shape index (κ2) is 11.7. The SMILES string of the molecule is CC(=O)Nc1cccc(N2CC3(C2)C(=O)N(C[C@H]2CC[C@H](NC(=O)c4cc(Cl)cnc4C(F)F)CC2)c2cc(F)ccc23)n1. The zero-order valence-electron chi connectivity index (χ0n) is 23.8. The summed E-state index contributed by atoms with van der Waals surface area (Å²) in [6, 6.07) is 10.7. The van der Waals surface area contributed by atoms with Crippen LogP contribution in [0.15, 0.2) is 48.7 Å². The first-order valence-electron chi connectivity index (χ1n) is 14.4. The Morgan fingerprint density at radius 2 is 1.86 bits per heavy atom. The van der Waals surface area contributed by atoms with Crippen molar-refractivity contribution in [3.63, 3.8) is 0 Å². The molecule has 3 aliphatic rings. The Kier molecular flexibility index (Phi) is 7.95. The molecule has 1 saturated carbocycles. The fourth-order valence-corrected chi connectivity index (χ4v) is 6.69. The molecular formula is C31H30ClF3N6O3. The maximum Gasteiger partial charge on any atom is 0.281 e. The van der Waals surface area contributed by atoms with E-state index in [1.54, 1.807) is 23.1 Å². The van der Waals surface area contributed by atoms with Gasteiger partial charge in [0.25, 0.3) is 12.3 Å². The third kappa shape index (κ3) is 5.58. The third-order valence-electron chi connectivity index (χ3n) is 8.66. The summed E-state index contributed by atoms with van der Waals surface area (Å²) < 4.78 is 41.2. The van der Waals surface area contributed by atoms with E-state index in [4.69, 9.17) is 11.6 Å². The van der Waals surface area contributed by atoms with Crippen LogP contribution in [0.3, 0.4) is 0 Å². The van der Waals surface area contributed by atoms with Crippen LogP contribution in [0.1, 0.15) is 60.6 Å². The topological polar surface area (TPSA) is 108 Å². The van der Waals surface area contributed by atoms with Gasteiger partial charge in [-0.3, -0.25) is 19.4 Å². The molecule has 9 nitrogen and oxygen atoms in total. The summed E-state index contributed by atoms with van der Waals surface area (Å²) in [6.07, 6.45) is 0.749. The predicted molar refractivity (Wildman–Crippen MR) is 159 cm³/mol. The van der Waals surface area contributed by atoms with Crippen molar-refractivity contribution >= 4 is 46.6 Å². The van der Waals surface area contributed by atoms with Gasteiger partial charge in [0.1, 0.15) is 28.6 Å². The van der Waals surface area contributed by atoms with Gasteiger partial charge in [-0.05, 0) is 67.5 Å². The first-order chi connectivity index (χ1) is 21.0. The molecule has 4 heterocycles. The van der Waals surface area contributed by atoms with Crippen LogP contribution in [-0.4, -0.2) is 53.4 Å². The van der Waals surface area contributed by atoms with Crippen LogP contribution in [0.25, 0.3) is 0 Å². The van der Waals surface area contributed by atoms with Crippen LogP contribution >= 0.6 is 11.6 Å². The van der Waals surface area contributed by atoms with Crippen molar-refractivity contribution in [3.8, 4) is 0 Å². The number of halogens is 4. The lowest BCUT2D eigenvalue weighted by Gasteiger charge is -2.47. The van der Waals surface area contributed by atoms with Crippen molar-refractivity contribution in [2.75, 3.05) is 34.8 Å². The maximum atomic E-state index is 14.4. The van der Waals surface area contributed by atoms with Gasteiger partial charge in [-0.25, -0.2) is 18.2 Å². The van der Waals surface area contributed by atoms with Gasteiger partial charge < -0.3 is 20.4 Å². The summed E-state index contributed by atoms with van der Waals surface area (Å²) in [6.45, 7) is 2.55. The van der Waals surface area contributed by atoms with Gasteiger partial charge in [0.2, 0.25) is 11.8 Å². The number of anilines is 3. The van der Waals surface area contributed by atoms with Gasteiger partial charge in [-0.2, -0.15) is 0 Å². The minimum Gasteiger partial charge on any atom is -0.354 e. The Hall–Kier alpha value is -4.19. The molecule has 0 atom stereocenters. The highest BCUT2D eigenvalue weighted by atomic mass is 35.5. The zero-order valence-corrected chi connectivity index (χ0v) is 24.6. The highest BCUT2D eigenvalue weighted by Gasteiger charge is 2.58. The molecule has 2 fully saturated rings. The number of pyridine rings is 2. The van der Waals surface area contributed by atoms with E-state index in [2.05, 4.69) is 20.6 Å². The van der Waals surface area contributed by atoms with Crippen molar-refractivity contribution in [1.29, 1.82) is 0 Å². The molecule has 0 unspecified atom stereocenters. The van der Waals surface area contributed by atoms with Crippen molar-refractivity contribution < 1.29 is 27.6 Å². The van der Waals surface area contributed by atoms with Crippen LogP contribution in [0, 0.1) is 11.7 Å². The fraction of sp³-hybridized carbons (Fsp3) is 0.387. The second-order valence-electron chi connectivity index (χ2n) is 11.7. The molecule has 0 radical (unpaired) electrons. The van der Waals surface area contributed by atoms with E-state index in [0.717, 1.165) is 11.8 Å². The van der Waals surface area contributed by atoms with Crippen molar-refractivity contribution in [2.45, 2.75) is 50.5 Å². The number of nitrogens with one attached hydrogen (secondary N) is 2. The summed E-state index contributed by atoms with van der Waals surface area (Å²) in [5, 5.41) is 5.60. The number of rotatable bonds is 7. The van der Waals surface area contributed by atoms with Crippen LogP contribution in [0.2, 0.25) is 5.02 Å². The minimum absolute atomic E-state index is 0.0872. The number of carbonyl (C=O) groups is 3. The molecular weight excluding hydrogens is 597 g/mol. The smallest absolute Gasteiger partial charge is 0.281 e. The molecule has 44 heavy (non-hydrogen) atoms. The number of amides is 3. The average molecular weight is 627 g/mol. The molecule has 230 valence electrons. The maximum absolute atomic E-state index is 14.4. The molecule has 1 spiro atoms. The van der Waals surface area contributed by atoms with Crippen molar-refractivity contribution in [2.24, 2.45) is 5.92 Å². The lowest BCUT2D eigenvalue weighted by Crippen LogP contribution is -2.64. The summed E-state index contributed by atoms with van der Waals surface area (Å²) >= 11 is 5.90. The Balaban J connectivity index is 1.11. The zero-order chi connectivity index (χ0) is 31.2. The summed E-state index contributed by atoms with van der Waals surface area (Å²) in [5.74, 6) is -0.237. The quantitative estimate of drug-likeness (QED) is 0.371. The molecule has 0 bridgehead atoms. The average Bonchev–Trinajstić information content (AvgIpc) is 3.19. The number of hydrogen-bond donors (Lipinski definition) is 2. The highest BCUT2D eigenvalue weighted by Crippen LogP contribution is 2.49. The number of aromatic nitrogens is 2. The summed E-state index contributed by atoms with van der Waals surface area (Å²) in [7, 11) is 0. The van der Waals surface area contributed by atoms with E-state index in [0.29, 0.717) is 62.6 Å². The molecule has 1 saturated heterocycles. The molecule has 2 N–H and O–H groups in total. The molecule has 1 aliphatic carbocycles. The monoisotopic (exact) mass is 626 g/mol. The molecule has 2 aliphatic heterocycles. The predicted octanol–water partition coefficient (Wildman–Crippen LogP) is 5.26. The molecule has 2 aromatic heterocycles. The first-order valence-corrected chi connectivity index (χ1v) is 14.8. The van der Waals surface area contributed by atoms with E-state index < -0.39 is 29.3 Å². The number of alkyl halides is 2. The normalized spacial score (nSPS) is 20.5. The highest BCUT2D eigenvalue weighted by molar-refractivity contribution is 6.30. The van der Waals surface area contributed by atoms with Crippen molar-refractivity contribution in [1.82, 2.24) is 15.3 Å². The lowest BCUT2D eigenvalue weighted by molar-refractivity contribution is -0.124. The van der Waals surface area contributed by atoms with E-state index in [1.807, 2.05) is 11.0 Å². The number of benzene rings is 1. The fourth-order valence-electron chi connectivity index (χ4n) is 6.54. The van der Waals surface area contributed by atoms with E-state index >= 15 is 0 Å². The number of nitrogens with zero attached hydrogens (tertiary/aromatic N) is 4. The van der Waals surface area contributed by atoms with Crippen LogP contribution in [0.4, 0.5) is 30.5 Å². The lowest BCUT2D eigenvalue weighted by atomic mass is 9.74. The third-order valence-corrected chi connectivity index (χ3v) is 8.87. The number of carbonyl (C=O) groups excluding carboxylic acids is 3. The number of fused-ring (bicyclic) bond motifs is 2. The Labute approximate surface area is 256 Å². The van der Waals surface area contributed by atoms with E-state index in [-0.39, 0.29) is 34.4 Å². The second-order valence-corrected chi connectivity index (χ2v) is 12.1. The van der Waals surface area contributed by atoms with Crippen LogP contribution < -0.4 is 20.4 Å². The molecule has 13 heteroatoms. The molecule has 1 aromatic carbocycles. The summed E-state index contributed by atoms with van der Waals surface area (Å²) in [4.78, 5) is 50.0. The summed E-state index contributed by atoms with van der Waals surface area (Å²) in [5.41, 5.74) is -0.332. The van der Waals surface area contributed by atoms with Gasteiger partial charge in [0, 0.05) is 38.8 Å². The van der Waals surface area contributed by atoms with E-state index in [9.17, 15) is 27.6 Å². The standard InChI is InChI=1S/C31H30ClF3N6O3/c1-17(42)37-25-3-2-4-26(39-25)40-15-31(16-40)23-10-7-20(33)12-24(23)41(30(31)44)14-18-5-8-21(9-6-18)38-29(43)22-11-19(32)13-36-27(22)28(34)35/h2-4,7,10-13,18,21,28H,5-6,8-9,14-16H2,1H3,(H,38,43)(H,37,39,42)/t18-,21-. The Bertz CT molecular complexity index is 1620. The van der Waals surface area contributed by atoms with Gasteiger partial charge >= 0.3 is 0 Å². The molecule has 3 amide bonds. The van der Waals surface area contributed by atoms with Gasteiger partial charge in [-0.15, -0.1) is 0 Å². The largest absolute Gasteiger partial charge is 0.354 e.